The molecule has 0 atom stereocenters. The molecule has 1 fully saturated rings. The molecule has 2 aliphatic heterocycles. The molecule has 1 saturated heterocycles. The van der Waals surface area contributed by atoms with Crippen LogP contribution in [0.25, 0.3) is 0 Å². The summed E-state index contributed by atoms with van der Waals surface area (Å²) in [6.07, 6.45) is 1.21. The second kappa shape index (κ2) is 7.11. The maximum absolute atomic E-state index is 12.8. The number of likely N-dealkylation sites (tertiary alicyclic amines) is 1. The zero-order valence-electron chi connectivity index (χ0n) is 16.1. The molecular formula is C22H23N3O3. The van der Waals surface area contributed by atoms with E-state index in [1.54, 1.807) is 7.11 Å². The van der Waals surface area contributed by atoms with Gasteiger partial charge in [-0.05, 0) is 42.8 Å². The highest BCUT2D eigenvalue weighted by atomic mass is 16.5. The molecule has 0 unspecified atom stereocenters. The third kappa shape index (κ3) is 3.26. The third-order valence-electron chi connectivity index (χ3n) is 5.50. The van der Waals surface area contributed by atoms with Gasteiger partial charge in [-0.2, -0.15) is 0 Å². The summed E-state index contributed by atoms with van der Waals surface area (Å²) in [6.45, 7) is 3.07. The first kappa shape index (κ1) is 18.2. The summed E-state index contributed by atoms with van der Waals surface area (Å²) in [7, 11) is 1.61. The van der Waals surface area contributed by atoms with Gasteiger partial charge in [-0.25, -0.2) is 0 Å². The van der Waals surface area contributed by atoms with Crippen LogP contribution in [-0.2, 0) is 4.79 Å². The van der Waals surface area contributed by atoms with Crippen molar-refractivity contribution < 1.29 is 14.3 Å². The molecule has 0 aliphatic carbocycles. The van der Waals surface area contributed by atoms with E-state index in [-0.39, 0.29) is 11.8 Å². The van der Waals surface area contributed by atoms with E-state index >= 15 is 0 Å². The van der Waals surface area contributed by atoms with Crippen molar-refractivity contribution in [2.45, 2.75) is 25.4 Å². The van der Waals surface area contributed by atoms with Crippen LogP contribution < -0.4 is 10.1 Å². The van der Waals surface area contributed by atoms with Crippen molar-refractivity contribution in [1.82, 2.24) is 10.2 Å². The number of aryl methyl sites for hydroxylation is 1. The standard InChI is InChI=1S/C22H23N3O3/c1-15-5-3-4-6-18(15)21(27)25-13-11-22(12-14-25)23-19(20(26)24-22)16-7-9-17(28-2)10-8-16/h3-10H,11-14H2,1-2H3,(H,24,26). The molecule has 1 N–H and O–H groups in total. The Balaban J connectivity index is 1.49. The molecule has 0 radical (unpaired) electrons. The van der Waals surface area contributed by atoms with Gasteiger partial charge >= 0.3 is 0 Å². The molecule has 0 bridgehead atoms. The Kier molecular flexibility index (Phi) is 4.63. The van der Waals surface area contributed by atoms with E-state index in [1.807, 2.05) is 60.4 Å². The first-order valence-electron chi connectivity index (χ1n) is 9.43. The van der Waals surface area contributed by atoms with Gasteiger partial charge < -0.3 is 15.0 Å². The van der Waals surface area contributed by atoms with Crippen molar-refractivity contribution in [3.8, 4) is 5.75 Å². The Hall–Kier alpha value is -3.15. The summed E-state index contributed by atoms with van der Waals surface area (Å²) in [4.78, 5) is 32.0. The fraction of sp³-hybridized carbons (Fsp3) is 0.318. The van der Waals surface area contributed by atoms with E-state index in [0.717, 1.165) is 22.4 Å². The number of rotatable bonds is 3. The van der Waals surface area contributed by atoms with Crippen LogP contribution in [0.1, 0.15) is 34.3 Å². The monoisotopic (exact) mass is 377 g/mol. The fourth-order valence-corrected chi connectivity index (χ4v) is 3.81. The Labute approximate surface area is 164 Å². The molecule has 6 heteroatoms. The van der Waals surface area contributed by atoms with Gasteiger partial charge in [0.2, 0.25) is 0 Å². The van der Waals surface area contributed by atoms with Crippen molar-refractivity contribution in [2.75, 3.05) is 20.2 Å². The van der Waals surface area contributed by atoms with Crippen molar-refractivity contribution in [3.63, 3.8) is 0 Å². The maximum atomic E-state index is 12.8. The second-order valence-corrected chi connectivity index (χ2v) is 7.28. The molecule has 2 aromatic rings. The Morgan fingerprint density at radius 3 is 2.43 bits per heavy atom. The van der Waals surface area contributed by atoms with Crippen molar-refractivity contribution in [2.24, 2.45) is 4.99 Å². The molecule has 1 spiro atoms. The van der Waals surface area contributed by atoms with Crippen molar-refractivity contribution in [3.05, 3.63) is 65.2 Å². The third-order valence-corrected chi connectivity index (χ3v) is 5.50. The van der Waals surface area contributed by atoms with Gasteiger partial charge in [-0.1, -0.05) is 18.2 Å². The maximum Gasteiger partial charge on any atom is 0.272 e. The molecule has 4 rings (SSSR count). The molecule has 0 aromatic heterocycles. The molecule has 6 nitrogen and oxygen atoms in total. The van der Waals surface area contributed by atoms with Gasteiger partial charge in [0.05, 0.1) is 7.11 Å². The minimum atomic E-state index is -0.616. The number of carbonyl (C=O) groups excluding carboxylic acids is 2. The summed E-state index contributed by atoms with van der Waals surface area (Å²) >= 11 is 0. The SMILES string of the molecule is COc1ccc(C2=NC3(CCN(C(=O)c4ccccc4C)CC3)NC2=O)cc1. The first-order chi connectivity index (χ1) is 13.5. The van der Waals surface area contributed by atoms with Crippen LogP contribution in [0.3, 0.4) is 0 Å². The van der Waals surface area contributed by atoms with E-state index in [2.05, 4.69) is 5.32 Å². The Bertz CT molecular complexity index is 942. The van der Waals surface area contributed by atoms with E-state index in [4.69, 9.17) is 9.73 Å². The van der Waals surface area contributed by atoms with Crippen LogP contribution in [0.4, 0.5) is 0 Å². The number of nitrogens with one attached hydrogen (secondary N) is 1. The largest absolute Gasteiger partial charge is 0.497 e. The number of amides is 2. The lowest BCUT2D eigenvalue weighted by Gasteiger charge is -2.37. The fourth-order valence-electron chi connectivity index (χ4n) is 3.81. The summed E-state index contributed by atoms with van der Waals surface area (Å²) in [5.41, 5.74) is 2.31. The summed E-state index contributed by atoms with van der Waals surface area (Å²) in [5, 5.41) is 3.05. The highest BCUT2D eigenvalue weighted by Gasteiger charge is 2.43. The van der Waals surface area contributed by atoms with Crippen LogP contribution in [0.15, 0.2) is 53.5 Å². The summed E-state index contributed by atoms with van der Waals surface area (Å²) < 4.78 is 5.17. The normalized spacial score (nSPS) is 18.0. The summed E-state index contributed by atoms with van der Waals surface area (Å²) in [5.74, 6) is 0.612. The average Bonchev–Trinajstić information content (AvgIpc) is 3.04. The number of carbonyl (C=O) groups is 2. The molecule has 2 aliphatic rings. The molecule has 2 amide bonds. The van der Waals surface area contributed by atoms with E-state index in [9.17, 15) is 9.59 Å². The lowest BCUT2D eigenvalue weighted by atomic mass is 9.97. The molecule has 28 heavy (non-hydrogen) atoms. The molecule has 2 heterocycles. The van der Waals surface area contributed by atoms with Gasteiger partial charge in [0.25, 0.3) is 11.8 Å². The molecule has 0 saturated carbocycles. The quantitative estimate of drug-likeness (QED) is 0.894. The van der Waals surface area contributed by atoms with Gasteiger partial charge in [-0.3, -0.25) is 14.6 Å². The predicted octanol–water partition coefficient (Wildman–Crippen LogP) is 2.56. The minimum absolute atomic E-state index is 0.0385. The Morgan fingerprint density at radius 2 is 1.79 bits per heavy atom. The lowest BCUT2D eigenvalue weighted by molar-refractivity contribution is -0.115. The van der Waals surface area contributed by atoms with E-state index in [0.29, 0.717) is 31.6 Å². The van der Waals surface area contributed by atoms with E-state index in [1.165, 1.54) is 0 Å². The number of aliphatic imine (C=N–C) groups is 1. The number of hydrogen-bond acceptors (Lipinski definition) is 4. The van der Waals surface area contributed by atoms with E-state index < -0.39 is 5.66 Å². The molecule has 144 valence electrons. The number of piperidine rings is 1. The highest BCUT2D eigenvalue weighted by Crippen LogP contribution is 2.30. The predicted molar refractivity (Wildman–Crippen MR) is 107 cm³/mol. The topological polar surface area (TPSA) is 71.0 Å². The minimum Gasteiger partial charge on any atom is -0.497 e. The molecular weight excluding hydrogens is 354 g/mol. The number of ether oxygens (including phenoxy) is 1. The van der Waals surface area contributed by atoms with Gasteiger partial charge in [0.15, 0.2) is 0 Å². The van der Waals surface area contributed by atoms with Crippen LogP contribution in [0.5, 0.6) is 5.75 Å². The van der Waals surface area contributed by atoms with Crippen LogP contribution in [0.2, 0.25) is 0 Å². The van der Waals surface area contributed by atoms with Crippen LogP contribution in [0, 0.1) is 6.92 Å². The van der Waals surface area contributed by atoms with Gasteiger partial charge in [-0.15, -0.1) is 0 Å². The number of nitrogens with zero attached hydrogens (tertiary/aromatic N) is 2. The second-order valence-electron chi connectivity index (χ2n) is 7.28. The number of methoxy groups -OCH3 is 1. The zero-order valence-corrected chi connectivity index (χ0v) is 16.1. The van der Waals surface area contributed by atoms with Crippen LogP contribution in [-0.4, -0.2) is 48.3 Å². The smallest absolute Gasteiger partial charge is 0.272 e. The lowest BCUT2D eigenvalue weighted by Crippen LogP contribution is -2.52. The molecule has 2 aromatic carbocycles. The summed E-state index contributed by atoms with van der Waals surface area (Å²) in [6, 6.07) is 14.9. The highest BCUT2D eigenvalue weighted by molar-refractivity contribution is 6.46. The van der Waals surface area contributed by atoms with Crippen LogP contribution >= 0.6 is 0 Å². The number of hydrogen-bond donors (Lipinski definition) is 1. The van der Waals surface area contributed by atoms with Crippen molar-refractivity contribution >= 4 is 17.5 Å². The zero-order chi connectivity index (χ0) is 19.7. The number of benzene rings is 2. The first-order valence-corrected chi connectivity index (χ1v) is 9.43. The van der Waals surface area contributed by atoms with Gasteiger partial charge in [0.1, 0.15) is 17.1 Å². The van der Waals surface area contributed by atoms with Crippen molar-refractivity contribution in [1.29, 1.82) is 0 Å². The average molecular weight is 377 g/mol. The Morgan fingerprint density at radius 1 is 1.11 bits per heavy atom. The van der Waals surface area contributed by atoms with Gasteiger partial charge in [0, 0.05) is 37.1 Å².